The average Bonchev–Trinajstić information content (AvgIpc) is 2.63. The van der Waals surface area contributed by atoms with Gasteiger partial charge in [-0.3, -0.25) is 0 Å². The van der Waals surface area contributed by atoms with Gasteiger partial charge in [-0.05, 0) is 31.2 Å². The minimum atomic E-state index is -0.347. The minimum Gasteiger partial charge on any atom is -0.466 e. The maximum absolute atomic E-state index is 10.2. The molecule has 0 amide bonds. The zero-order valence-corrected chi connectivity index (χ0v) is 14.6. The zero-order valence-electron chi connectivity index (χ0n) is 14.6. The van der Waals surface area contributed by atoms with E-state index >= 15 is 0 Å². The van der Waals surface area contributed by atoms with Crippen molar-refractivity contribution >= 4 is 12.0 Å². The summed E-state index contributed by atoms with van der Waals surface area (Å²) in [6.07, 6.45) is 11.0. The number of hydrogen-bond acceptors (Lipinski definition) is 2. The second-order valence-corrected chi connectivity index (χ2v) is 5.52. The number of hydrogen-bond donors (Lipinski definition) is 0. The summed E-state index contributed by atoms with van der Waals surface area (Å²) >= 11 is 0. The molecule has 0 aliphatic heterocycles. The maximum atomic E-state index is 10.2. The van der Waals surface area contributed by atoms with Crippen molar-refractivity contribution in [3.63, 3.8) is 0 Å². The van der Waals surface area contributed by atoms with Crippen LogP contribution in [0, 0.1) is 5.92 Å². The van der Waals surface area contributed by atoms with E-state index in [2.05, 4.69) is 30.5 Å². The van der Waals surface area contributed by atoms with Gasteiger partial charge < -0.3 is 4.74 Å². The van der Waals surface area contributed by atoms with Gasteiger partial charge in [-0.15, -0.1) is 6.58 Å². The third kappa shape index (κ3) is 11.2. The molecular weight excluding hydrogens is 284 g/mol. The number of rotatable bonds is 3. The normalized spacial score (nSPS) is 13.3. The molecule has 0 atom stereocenters. The van der Waals surface area contributed by atoms with Gasteiger partial charge in [-0.1, -0.05) is 74.9 Å². The van der Waals surface area contributed by atoms with Crippen molar-refractivity contribution < 1.29 is 9.53 Å². The van der Waals surface area contributed by atoms with Gasteiger partial charge in [0.05, 0.1) is 7.11 Å². The minimum absolute atomic E-state index is 0.347. The van der Waals surface area contributed by atoms with Gasteiger partial charge in [0, 0.05) is 5.57 Å². The maximum Gasteiger partial charge on any atom is 0.332 e. The van der Waals surface area contributed by atoms with Crippen LogP contribution in [-0.4, -0.2) is 13.1 Å². The van der Waals surface area contributed by atoms with Gasteiger partial charge in [0.2, 0.25) is 0 Å². The van der Waals surface area contributed by atoms with E-state index in [0.29, 0.717) is 5.57 Å². The number of carbonyl (C=O) groups is 1. The summed E-state index contributed by atoms with van der Waals surface area (Å²) in [5.74, 6) is 0.503. The molecule has 0 aromatic heterocycles. The van der Waals surface area contributed by atoms with Crippen LogP contribution in [0.15, 0.2) is 61.7 Å². The summed E-state index contributed by atoms with van der Waals surface area (Å²) in [6, 6.07) is 10.0. The molecule has 0 bridgehead atoms. The molecule has 0 heterocycles. The Morgan fingerprint density at radius 3 is 1.96 bits per heavy atom. The van der Waals surface area contributed by atoms with Crippen LogP contribution in [0.3, 0.4) is 0 Å². The number of esters is 1. The fraction of sp³-hybridized carbons (Fsp3) is 0.381. The Bertz CT molecular complexity index is 468. The Balaban J connectivity index is 0.000000317. The molecule has 126 valence electrons. The lowest BCUT2D eigenvalue weighted by Gasteiger charge is -2.16. The van der Waals surface area contributed by atoms with Crippen LogP contribution in [0.2, 0.25) is 0 Å². The molecule has 2 nitrogen and oxygen atoms in total. The molecule has 1 fully saturated rings. The first-order valence-corrected chi connectivity index (χ1v) is 8.09. The topological polar surface area (TPSA) is 26.3 Å². The van der Waals surface area contributed by atoms with Gasteiger partial charge >= 0.3 is 5.97 Å². The van der Waals surface area contributed by atoms with Gasteiger partial charge in [-0.25, -0.2) is 4.79 Å². The first kappa shape index (κ1) is 20.9. The Labute approximate surface area is 141 Å². The fourth-order valence-corrected chi connectivity index (χ4v) is 2.13. The fourth-order valence-electron chi connectivity index (χ4n) is 2.13. The zero-order chi connectivity index (χ0) is 17.5. The molecule has 1 aliphatic rings. The summed E-state index contributed by atoms with van der Waals surface area (Å²) in [5, 5.41) is 0. The highest BCUT2D eigenvalue weighted by atomic mass is 16.5. The Morgan fingerprint density at radius 2 is 1.70 bits per heavy atom. The monoisotopic (exact) mass is 314 g/mol. The van der Waals surface area contributed by atoms with Crippen molar-refractivity contribution in [3.05, 3.63) is 67.3 Å². The third-order valence-corrected chi connectivity index (χ3v) is 3.55. The predicted molar refractivity (Wildman–Crippen MR) is 100 cm³/mol. The number of benzene rings is 1. The predicted octanol–water partition coefficient (Wildman–Crippen LogP) is 5.82. The van der Waals surface area contributed by atoms with Gasteiger partial charge in [0.25, 0.3) is 0 Å². The molecule has 0 radical (unpaired) electrons. The molecule has 2 rings (SSSR count). The molecule has 23 heavy (non-hydrogen) atoms. The van der Waals surface area contributed by atoms with Gasteiger partial charge in [0.1, 0.15) is 0 Å². The van der Waals surface area contributed by atoms with Crippen molar-refractivity contribution in [2.75, 3.05) is 7.11 Å². The van der Waals surface area contributed by atoms with E-state index in [0.717, 1.165) is 5.92 Å². The Hall–Kier alpha value is -2.09. The highest BCUT2D eigenvalue weighted by Crippen LogP contribution is 2.23. The van der Waals surface area contributed by atoms with E-state index in [1.807, 2.05) is 36.4 Å². The summed E-state index contributed by atoms with van der Waals surface area (Å²) in [5.41, 5.74) is 1.61. The Morgan fingerprint density at radius 1 is 1.13 bits per heavy atom. The van der Waals surface area contributed by atoms with Crippen molar-refractivity contribution in [2.45, 2.75) is 39.0 Å². The van der Waals surface area contributed by atoms with E-state index in [1.54, 1.807) is 6.92 Å². The smallest absolute Gasteiger partial charge is 0.332 e. The second-order valence-electron chi connectivity index (χ2n) is 5.52. The van der Waals surface area contributed by atoms with E-state index in [9.17, 15) is 4.79 Å². The van der Waals surface area contributed by atoms with Gasteiger partial charge in [-0.2, -0.15) is 0 Å². The van der Waals surface area contributed by atoms with Crippen LogP contribution in [0.1, 0.15) is 44.6 Å². The van der Waals surface area contributed by atoms with Crippen LogP contribution in [-0.2, 0) is 9.53 Å². The van der Waals surface area contributed by atoms with Crippen molar-refractivity contribution in [1.29, 1.82) is 0 Å². The number of methoxy groups -OCH3 is 1. The average molecular weight is 314 g/mol. The summed E-state index contributed by atoms with van der Waals surface area (Å²) in [7, 11) is 1.33. The van der Waals surface area contributed by atoms with Crippen LogP contribution < -0.4 is 0 Å². The lowest BCUT2D eigenvalue weighted by atomic mass is 9.90. The standard InChI is InChI=1S/C8H14.C8H8.C5H8O2/c2*1-2-8-6-4-3-5-7-8;1-4(2)5(6)7-3/h2,8H,1,3-7H2;2-7H,1H2;1H2,2-3H3. The quantitative estimate of drug-likeness (QED) is 0.399. The summed E-state index contributed by atoms with van der Waals surface area (Å²) < 4.78 is 4.27. The first-order valence-electron chi connectivity index (χ1n) is 8.09. The summed E-state index contributed by atoms with van der Waals surface area (Å²) in [6.45, 7) is 12.4. The van der Waals surface area contributed by atoms with Crippen molar-refractivity contribution in [2.24, 2.45) is 5.92 Å². The number of ether oxygens (including phenoxy) is 1. The highest BCUT2D eigenvalue weighted by molar-refractivity contribution is 5.86. The molecule has 0 spiro atoms. The molecular formula is C21H30O2. The van der Waals surface area contributed by atoms with Crippen LogP contribution in [0.5, 0.6) is 0 Å². The van der Waals surface area contributed by atoms with Crippen LogP contribution in [0.25, 0.3) is 6.08 Å². The van der Waals surface area contributed by atoms with Gasteiger partial charge in [0.15, 0.2) is 0 Å². The molecule has 0 N–H and O–H groups in total. The third-order valence-electron chi connectivity index (χ3n) is 3.55. The SMILES string of the molecule is C=C(C)C(=O)OC.C=CC1CCCCC1.C=Cc1ccccc1. The molecule has 1 aliphatic carbocycles. The molecule has 1 saturated carbocycles. The lowest BCUT2D eigenvalue weighted by Crippen LogP contribution is -2.01. The van der Waals surface area contributed by atoms with E-state index in [-0.39, 0.29) is 5.97 Å². The van der Waals surface area contributed by atoms with E-state index in [4.69, 9.17) is 0 Å². The second kappa shape index (κ2) is 13.6. The number of allylic oxidation sites excluding steroid dienone is 1. The largest absolute Gasteiger partial charge is 0.466 e. The molecule has 0 saturated heterocycles. The highest BCUT2D eigenvalue weighted by Gasteiger charge is 2.07. The first-order chi connectivity index (χ1) is 11.0. The van der Waals surface area contributed by atoms with Crippen molar-refractivity contribution in [3.8, 4) is 0 Å². The van der Waals surface area contributed by atoms with E-state index in [1.165, 1.54) is 44.8 Å². The molecule has 1 aromatic rings. The van der Waals surface area contributed by atoms with Crippen LogP contribution in [0.4, 0.5) is 0 Å². The molecule has 1 aromatic carbocycles. The number of carbonyl (C=O) groups excluding carboxylic acids is 1. The van der Waals surface area contributed by atoms with Crippen molar-refractivity contribution in [1.82, 2.24) is 0 Å². The van der Waals surface area contributed by atoms with Crippen LogP contribution >= 0.6 is 0 Å². The Kier molecular flexibility index (Phi) is 12.3. The molecule has 2 heteroatoms. The molecule has 0 unspecified atom stereocenters. The van der Waals surface area contributed by atoms with E-state index < -0.39 is 0 Å². The summed E-state index contributed by atoms with van der Waals surface area (Å²) in [4.78, 5) is 10.2. The lowest BCUT2D eigenvalue weighted by molar-refractivity contribution is -0.136.